The summed E-state index contributed by atoms with van der Waals surface area (Å²) in [5.41, 5.74) is 0.0804. The molecule has 1 aromatic carbocycles. The van der Waals surface area contributed by atoms with Gasteiger partial charge in [0.05, 0.1) is 11.4 Å². The molecule has 126 valence electrons. The molecule has 1 aliphatic rings. The van der Waals surface area contributed by atoms with Crippen LogP contribution in [0.2, 0.25) is 0 Å². The number of nitrogens with zero attached hydrogens (tertiary/aromatic N) is 2. The van der Waals surface area contributed by atoms with Gasteiger partial charge in [-0.15, -0.1) is 37.2 Å². The minimum absolute atomic E-state index is 0. The fraction of sp³-hybridized carbons (Fsp3) is 0.429. The van der Waals surface area contributed by atoms with Gasteiger partial charge in [0, 0.05) is 19.7 Å². The molecule has 1 aromatic rings. The van der Waals surface area contributed by atoms with Crippen LogP contribution in [0.3, 0.4) is 0 Å². The number of amides is 2. The van der Waals surface area contributed by atoms with Crippen molar-refractivity contribution in [2.45, 2.75) is 20.8 Å². The predicted octanol–water partition coefficient (Wildman–Crippen LogP) is 3.01. The van der Waals surface area contributed by atoms with Crippen molar-refractivity contribution in [3.63, 3.8) is 0 Å². The van der Waals surface area contributed by atoms with Crippen molar-refractivity contribution < 1.29 is 14.7 Å². The smallest absolute Gasteiger partial charge is 0.242 e. The van der Waals surface area contributed by atoms with Crippen LogP contribution in [0.1, 0.15) is 20.8 Å². The van der Waals surface area contributed by atoms with E-state index in [4.69, 9.17) is 0 Å². The zero-order valence-electron chi connectivity index (χ0n) is 12.8. The number of phenolic OH excluding ortho intramolecular Hbond substituents is 1. The predicted molar refractivity (Wildman–Crippen MR) is 95.1 cm³/mol. The number of rotatable bonds is 1. The maximum atomic E-state index is 12.5. The summed E-state index contributed by atoms with van der Waals surface area (Å²) >= 11 is 0. The fourth-order valence-electron chi connectivity index (χ4n) is 2.39. The minimum Gasteiger partial charge on any atom is -0.508 e. The molecule has 2 rings (SSSR count). The Morgan fingerprint density at radius 1 is 1.05 bits per heavy atom. The molecule has 0 spiro atoms. The molecule has 22 heavy (non-hydrogen) atoms. The van der Waals surface area contributed by atoms with Gasteiger partial charge in [0.15, 0.2) is 0 Å². The average molecular weight is 372 g/mol. The average Bonchev–Trinajstić information content (AvgIpc) is 2.42. The molecule has 0 unspecified atom stereocenters. The van der Waals surface area contributed by atoms with E-state index in [-0.39, 0.29) is 54.8 Å². The van der Waals surface area contributed by atoms with Crippen LogP contribution in [0.4, 0.5) is 11.4 Å². The normalized spacial score (nSPS) is 15.8. The summed E-state index contributed by atoms with van der Waals surface area (Å²) in [6.07, 6.45) is 0. The topological polar surface area (TPSA) is 60.9 Å². The Kier molecular flexibility index (Phi) is 8.30. The van der Waals surface area contributed by atoms with Crippen molar-refractivity contribution in [3.05, 3.63) is 18.2 Å². The maximum Gasteiger partial charge on any atom is 0.242 e. The zero-order valence-corrected chi connectivity index (χ0v) is 15.3. The van der Waals surface area contributed by atoms with Crippen LogP contribution >= 0.6 is 37.2 Å². The summed E-state index contributed by atoms with van der Waals surface area (Å²) in [4.78, 5) is 27.9. The second-order valence-corrected chi connectivity index (χ2v) is 5.21. The van der Waals surface area contributed by atoms with Crippen LogP contribution in [0.25, 0.3) is 0 Å². The Morgan fingerprint density at radius 2 is 1.59 bits per heavy atom. The molecule has 0 aliphatic carbocycles. The number of halogens is 3. The van der Waals surface area contributed by atoms with Crippen LogP contribution in [0.15, 0.2) is 18.2 Å². The molecular weight excluding hydrogens is 351 g/mol. The van der Waals surface area contributed by atoms with E-state index >= 15 is 0 Å². The van der Waals surface area contributed by atoms with Gasteiger partial charge in [0.25, 0.3) is 0 Å². The zero-order chi connectivity index (χ0) is 14.4. The molecule has 1 N–H and O–H groups in total. The van der Waals surface area contributed by atoms with E-state index in [0.29, 0.717) is 17.9 Å². The van der Waals surface area contributed by atoms with E-state index in [1.165, 1.54) is 17.0 Å². The first-order valence-corrected chi connectivity index (χ1v) is 6.23. The summed E-state index contributed by atoms with van der Waals surface area (Å²) in [5.74, 6) is -0.432. The van der Waals surface area contributed by atoms with E-state index < -0.39 is 5.41 Å². The Balaban J connectivity index is 0. The minimum atomic E-state index is -1.11. The van der Waals surface area contributed by atoms with Crippen LogP contribution in [0.5, 0.6) is 5.75 Å². The molecule has 0 saturated heterocycles. The molecule has 0 atom stereocenters. The van der Waals surface area contributed by atoms with Crippen molar-refractivity contribution in [2.75, 3.05) is 23.4 Å². The monoisotopic (exact) mass is 370 g/mol. The van der Waals surface area contributed by atoms with Gasteiger partial charge < -0.3 is 14.9 Å². The van der Waals surface area contributed by atoms with Crippen molar-refractivity contribution >= 4 is 60.4 Å². The Labute approximate surface area is 148 Å². The molecule has 0 radical (unpaired) electrons. The van der Waals surface area contributed by atoms with Gasteiger partial charge in [0.2, 0.25) is 11.8 Å². The summed E-state index contributed by atoms with van der Waals surface area (Å²) < 4.78 is 0. The van der Waals surface area contributed by atoms with E-state index in [9.17, 15) is 14.7 Å². The fourth-order valence-corrected chi connectivity index (χ4v) is 2.39. The van der Waals surface area contributed by atoms with E-state index in [0.717, 1.165) is 0 Å². The van der Waals surface area contributed by atoms with Crippen LogP contribution < -0.4 is 9.80 Å². The van der Waals surface area contributed by atoms with Crippen LogP contribution in [-0.4, -0.2) is 30.5 Å². The van der Waals surface area contributed by atoms with E-state index in [1.54, 1.807) is 31.9 Å². The third-order valence-electron chi connectivity index (χ3n) is 3.55. The van der Waals surface area contributed by atoms with Gasteiger partial charge in [-0.2, -0.15) is 0 Å². The lowest BCUT2D eigenvalue weighted by Gasteiger charge is -2.27. The molecule has 0 saturated carbocycles. The van der Waals surface area contributed by atoms with Gasteiger partial charge in [0.1, 0.15) is 11.2 Å². The molecule has 1 aliphatic heterocycles. The summed E-state index contributed by atoms with van der Waals surface area (Å²) in [6, 6.07) is 4.69. The number of carbonyl (C=O) groups is 2. The summed E-state index contributed by atoms with van der Waals surface area (Å²) in [6.45, 7) is 5.59. The molecule has 0 bridgehead atoms. The second-order valence-electron chi connectivity index (χ2n) is 5.21. The molecule has 1 heterocycles. The summed E-state index contributed by atoms with van der Waals surface area (Å²) in [5, 5.41) is 9.60. The van der Waals surface area contributed by atoms with Crippen LogP contribution in [0, 0.1) is 5.41 Å². The Morgan fingerprint density at radius 3 is 2.09 bits per heavy atom. The van der Waals surface area contributed by atoms with Gasteiger partial charge in [-0.3, -0.25) is 9.59 Å². The number of carbonyl (C=O) groups excluding carboxylic acids is 2. The maximum absolute atomic E-state index is 12.5. The van der Waals surface area contributed by atoms with Gasteiger partial charge >= 0.3 is 0 Å². The highest BCUT2D eigenvalue weighted by Gasteiger charge is 2.45. The number of hydrogen-bond donors (Lipinski definition) is 1. The number of anilines is 2. The molecule has 5 nitrogen and oxygen atoms in total. The highest BCUT2D eigenvalue weighted by Crippen LogP contribution is 2.39. The quantitative estimate of drug-likeness (QED) is 0.772. The Hall–Kier alpha value is -1.17. The Bertz CT molecular complexity index is 564. The van der Waals surface area contributed by atoms with Gasteiger partial charge in [-0.25, -0.2) is 0 Å². The molecular formula is C14H21Cl3N2O3. The molecule has 0 fully saturated rings. The van der Waals surface area contributed by atoms with E-state index in [1.807, 2.05) is 6.92 Å². The first-order chi connectivity index (χ1) is 8.80. The summed E-state index contributed by atoms with van der Waals surface area (Å²) in [7, 11) is 1.62. The lowest BCUT2D eigenvalue weighted by atomic mass is 9.90. The highest BCUT2D eigenvalue weighted by molar-refractivity contribution is 6.19. The van der Waals surface area contributed by atoms with Crippen molar-refractivity contribution in [3.8, 4) is 5.75 Å². The lowest BCUT2D eigenvalue weighted by Crippen LogP contribution is -2.47. The third-order valence-corrected chi connectivity index (χ3v) is 3.55. The lowest BCUT2D eigenvalue weighted by molar-refractivity contribution is -0.137. The molecule has 8 heteroatoms. The number of phenols is 1. The standard InChI is InChI=1S/C14H18N2O3.3ClH/c1-5-16-10-7-6-9(17)8-11(10)15(4)12(18)14(2,3)13(16)19;;;/h6-8,17H,5H2,1-4H3;3*1H. The van der Waals surface area contributed by atoms with Gasteiger partial charge in [-0.1, -0.05) is 0 Å². The van der Waals surface area contributed by atoms with Crippen LogP contribution in [-0.2, 0) is 9.59 Å². The number of benzene rings is 1. The second kappa shape index (κ2) is 7.90. The largest absolute Gasteiger partial charge is 0.508 e. The third kappa shape index (κ3) is 3.42. The number of fused-ring (bicyclic) bond motifs is 1. The van der Waals surface area contributed by atoms with Crippen molar-refractivity contribution in [1.29, 1.82) is 0 Å². The number of aromatic hydroxyl groups is 1. The van der Waals surface area contributed by atoms with Crippen molar-refractivity contribution in [1.82, 2.24) is 0 Å². The first kappa shape index (κ1) is 23.1. The number of hydrogen-bond acceptors (Lipinski definition) is 3. The molecule has 0 aromatic heterocycles. The highest BCUT2D eigenvalue weighted by atomic mass is 35.5. The van der Waals surface area contributed by atoms with Gasteiger partial charge in [-0.05, 0) is 32.9 Å². The van der Waals surface area contributed by atoms with E-state index in [2.05, 4.69) is 0 Å². The first-order valence-electron chi connectivity index (χ1n) is 6.23. The molecule has 2 amide bonds. The van der Waals surface area contributed by atoms with Crippen molar-refractivity contribution in [2.24, 2.45) is 5.41 Å². The SMILES string of the molecule is CCN1C(=O)C(C)(C)C(=O)N(C)c2cc(O)ccc21.Cl.Cl.Cl.